The van der Waals surface area contributed by atoms with Gasteiger partial charge >= 0.3 is 5.69 Å². The lowest BCUT2D eigenvalue weighted by molar-refractivity contribution is 0.122. The minimum atomic E-state index is -1.87. The maximum atomic E-state index is 13.0. The lowest BCUT2D eigenvalue weighted by atomic mass is 10.0. The molecule has 0 atom stereocenters. The molecule has 1 aliphatic heterocycles. The first-order chi connectivity index (χ1) is 15.5. The van der Waals surface area contributed by atoms with Crippen LogP contribution in [-0.4, -0.2) is 52.6 Å². The highest BCUT2D eigenvalue weighted by Gasteiger charge is 2.18. The fourth-order valence-electron chi connectivity index (χ4n) is 3.72. The summed E-state index contributed by atoms with van der Waals surface area (Å²) in [5, 5.41) is 6.20. The van der Waals surface area contributed by atoms with Crippen molar-refractivity contribution in [1.82, 2.24) is 19.7 Å². The summed E-state index contributed by atoms with van der Waals surface area (Å²) in [6.45, 7) is 4.67. The number of hydrogen-bond donors (Lipinski definition) is 2. The van der Waals surface area contributed by atoms with E-state index >= 15 is 0 Å². The van der Waals surface area contributed by atoms with E-state index in [1.54, 1.807) is 6.20 Å². The molecule has 4 rings (SSSR count). The summed E-state index contributed by atoms with van der Waals surface area (Å²) in [6.07, 6.45) is -0.455. The van der Waals surface area contributed by atoms with Gasteiger partial charge in [0.1, 0.15) is 11.6 Å². The standard InChI is InChI=1S/C22H24F2N6O2/c1-14-10-17(15-2-4-18(5-3-15)29-6-8-32-9-7-29)13-26-21(14)30-19(27-28-22(30)31)11-16(12-25)20(23)24/h2-5,10,13H,6-9,11-12,25H2,1H3,(H,28,31). The van der Waals surface area contributed by atoms with Crippen LogP contribution < -0.4 is 16.3 Å². The Morgan fingerprint density at radius 2 is 1.91 bits per heavy atom. The lowest BCUT2D eigenvalue weighted by Crippen LogP contribution is -2.36. The van der Waals surface area contributed by atoms with E-state index in [-0.39, 0.29) is 24.4 Å². The highest BCUT2D eigenvalue weighted by Crippen LogP contribution is 2.26. The first-order valence-electron chi connectivity index (χ1n) is 10.3. The maximum absolute atomic E-state index is 13.0. The molecule has 168 valence electrons. The molecule has 0 spiro atoms. The number of aromatic amines is 1. The summed E-state index contributed by atoms with van der Waals surface area (Å²) < 4.78 is 32.7. The molecule has 0 saturated carbocycles. The van der Waals surface area contributed by atoms with Gasteiger partial charge in [0.05, 0.1) is 13.2 Å². The molecule has 1 fully saturated rings. The highest BCUT2D eigenvalue weighted by molar-refractivity contribution is 5.67. The Bertz CT molecular complexity index is 1180. The zero-order valence-electron chi connectivity index (χ0n) is 17.6. The Hall–Kier alpha value is -3.37. The molecule has 0 unspecified atom stereocenters. The van der Waals surface area contributed by atoms with E-state index < -0.39 is 11.8 Å². The predicted octanol–water partition coefficient (Wildman–Crippen LogP) is 2.42. The van der Waals surface area contributed by atoms with Crippen molar-refractivity contribution in [2.45, 2.75) is 13.3 Å². The average molecular weight is 442 g/mol. The van der Waals surface area contributed by atoms with Crippen molar-refractivity contribution < 1.29 is 13.5 Å². The largest absolute Gasteiger partial charge is 0.378 e. The van der Waals surface area contributed by atoms with Crippen molar-refractivity contribution >= 4 is 5.69 Å². The average Bonchev–Trinajstić information content (AvgIpc) is 3.17. The number of H-pyrrole nitrogens is 1. The van der Waals surface area contributed by atoms with Crippen LogP contribution in [-0.2, 0) is 11.2 Å². The van der Waals surface area contributed by atoms with Crippen molar-refractivity contribution in [1.29, 1.82) is 0 Å². The van der Waals surface area contributed by atoms with E-state index in [2.05, 4.69) is 32.2 Å². The Morgan fingerprint density at radius 1 is 1.19 bits per heavy atom. The number of morpholine rings is 1. The molecular formula is C22H24F2N6O2. The molecule has 8 nitrogen and oxygen atoms in total. The van der Waals surface area contributed by atoms with Crippen LogP contribution in [0.2, 0.25) is 0 Å². The van der Waals surface area contributed by atoms with Gasteiger partial charge in [0.15, 0.2) is 0 Å². The van der Waals surface area contributed by atoms with E-state index in [0.717, 1.165) is 43.1 Å². The Morgan fingerprint density at radius 3 is 2.53 bits per heavy atom. The minimum absolute atomic E-state index is 0.126. The number of benzene rings is 1. The number of pyridine rings is 1. The second kappa shape index (κ2) is 9.41. The first kappa shape index (κ1) is 21.8. The molecule has 2 aromatic heterocycles. The number of hydrogen-bond acceptors (Lipinski definition) is 6. The number of rotatable bonds is 6. The Labute approximate surface area is 183 Å². The van der Waals surface area contributed by atoms with Gasteiger partial charge in [-0.25, -0.2) is 19.4 Å². The maximum Gasteiger partial charge on any atom is 0.349 e. The molecule has 0 bridgehead atoms. The number of anilines is 1. The summed E-state index contributed by atoms with van der Waals surface area (Å²) in [5.74, 6) is 0.463. The van der Waals surface area contributed by atoms with Crippen molar-refractivity contribution in [2.24, 2.45) is 5.73 Å². The second-order valence-corrected chi connectivity index (χ2v) is 7.54. The van der Waals surface area contributed by atoms with Crippen LogP contribution in [0.4, 0.5) is 14.5 Å². The lowest BCUT2D eigenvalue weighted by Gasteiger charge is -2.28. The molecule has 1 saturated heterocycles. The molecule has 1 aliphatic rings. The SMILES string of the molecule is Cc1cc(-c2ccc(N3CCOCC3)cc2)cnc1-n1c(CC(CN)=C(F)F)n[nH]c1=O. The van der Waals surface area contributed by atoms with Gasteiger partial charge in [0.2, 0.25) is 0 Å². The van der Waals surface area contributed by atoms with Gasteiger partial charge in [-0.1, -0.05) is 12.1 Å². The van der Waals surface area contributed by atoms with Gasteiger partial charge in [-0.2, -0.15) is 13.9 Å². The summed E-state index contributed by atoms with van der Waals surface area (Å²) in [6, 6.07) is 10.1. The first-order valence-corrected chi connectivity index (χ1v) is 10.3. The van der Waals surface area contributed by atoms with Crippen LogP contribution in [0.1, 0.15) is 11.4 Å². The summed E-state index contributed by atoms with van der Waals surface area (Å²) in [4.78, 5) is 19.1. The van der Waals surface area contributed by atoms with E-state index in [4.69, 9.17) is 10.5 Å². The summed E-state index contributed by atoms with van der Waals surface area (Å²) >= 11 is 0. The van der Waals surface area contributed by atoms with Gasteiger partial charge in [-0.3, -0.25) is 0 Å². The minimum Gasteiger partial charge on any atom is -0.378 e. The Balaban J connectivity index is 1.61. The third kappa shape index (κ3) is 4.46. The fourth-order valence-corrected chi connectivity index (χ4v) is 3.72. The zero-order valence-corrected chi connectivity index (χ0v) is 17.6. The fraction of sp³-hybridized carbons (Fsp3) is 0.318. The number of ether oxygens (including phenoxy) is 1. The predicted molar refractivity (Wildman–Crippen MR) is 117 cm³/mol. The zero-order chi connectivity index (χ0) is 22.7. The number of nitrogens with two attached hydrogens (primary N) is 1. The topological polar surface area (TPSA) is 102 Å². The number of nitrogens with zero attached hydrogens (tertiary/aromatic N) is 4. The number of aryl methyl sites for hydroxylation is 1. The van der Waals surface area contributed by atoms with Crippen LogP contribution >= 0.6 is 0 Å². The molecule has 0 amide bonds. The highest BCUT2D eigenvalue weighted by atomic mass is 19.3. The van der Waals surface area contributed by atoms with Gasteiger partial charge in [-0.15, -0.1) is 0 Å². The van der Waals surface area contributed by atoms with Gasteiger partial charge in [0, 0.05) is 49.1 Å². The summed E-state index contributed by atoms with van der Waals surface area (Å²) in [5.41, 5.74) is 8.29. The molecule has 10 heteroatoms. The summed E-state index contributed by atoms with van der Waals surface area (Å²) in [7, 11) is 0. The molecule has 32 heavy (non-hydrogen) atoms. The molecule has 3 aromatic rings. The number of halogens is 2. The van der Waals surface area contributed by atoms with E-state index in [0.29, 0.717) is 11.4 Å². The van der Waals surface area contributed by atoms with Gasteiger partial charge in [-0.05, 0) is 36.2 Å². The van der Waals surface area contributed by atoms with Crippen molar-refractivity contribution in [3.63, 3.8) is 0 Å². The molecule has 1 aromatic carbocycles. The Kier molecular flexibility index (Phi) is 6.42. The van der Waals surface area contributed by atoms with Crippen LogP contribution in [0.25, 0.3) is 16.9 Å². The van der Waals surface area contributed by atoms with E-state index in [1.807, 2.05) is 25.1 Å². The quantitative estimate of drug-likeness (QED) is 0.608. The third-order valence-electron chi connectivity index (χ3n) is 5.47. The van der Waals surface area contributed by atoms with Gasteiger partial charge in [0.25, 0.3) is 6.08 Å². The second-order valence-electron chi connectivity index (χ2n) is 7.54. The third-order valence-corrected chi connectivity index (χ3v) is 5.47. The molecule has 3 heterocycles. The van der Waals surface area contributed by atoms with Crippen LogP contribution in [0.5, 0.6) is 0 Å². The van der Waals surface area contributed by atoms with Crippen molar-refractivity contribution in [3.05, 3.63) is 70.1 Å². The van der Waals surface area contributed by atoms with Crippen molar-refractivity contribution in [3.8, 4) is 16.9 Å². The van der Waals surface area contributed by atoms with Crippen LogP contribution in [0.3, 0.4) is 0 Å². The van der Waals surface area contributed by atoms with Crippen LogP contribution in [0, 0.1) is 6.92 Å². The molecular weight excluding hydrogens is 418 g/mol. The monoisotopic (exact) mass is 442 g/mol. The van der Waals surface area contributed by atoms with Gasteiger partial charge < -0.3 is 15.4 Å². The van der Waals surface area contributed by atoms with Crippen molar-refractivity contribution in [2.75, 3.05) is 37.7 Å². The number of nitrogens with one attached hydrogen (secondary N) is 1. The van der Waals surface area contributed by atoms with Crippen LogP contribution in [0.15, 0.2) is 53.0 Å². The van der Waals surface area contributed by atoms with E-state index in [1.165, 1.54) is 4.57 Å². The normalized spacial score (nSPS) is 13.9. The smallest absolute Gasteiger partial charge is 0.349 e. The molecule has 0 aliphatic carbocycles. The molecule has 0 radical (unpaired) electrons. The molecule has 3 N–H and O–H groups in total. The van der Waals surface area contributed by atoms with E-state index in [9.17, 15) is 13.6 Å². The number of aromatic nitrogens is 4.